The molecule has 6 nitrogen and oxygen atoms in total. The summed E-state index contributed by atoms with van der Waals surface area (Å²) in [7, 11) is 0. The number of hydrogen-bond donors (Lipinski definition) is 2. The molecule has 0 fully saturated rings. The van der Waals surface area contributed by atoms with Crippen LogP contribution in [0.5, 0.6) is 0 Å². The van der Waals surface area contributed by atoms with Crippen LogP contribution in [0.15, 0.2) is 66.7 Å². The van der Waals surface area contributed by atoms with Crippen LogP contribution < -0.4 is 10.6 Å². The van der Waals surface area contributed by atoms with Gasteiger partial charge in [0.25, 0.3) is 5.91 Å². The topological polar surface area (TPSA) is 84.0 Å². The molecule has 6 heteroatoms. The summed E-state index contributed by atoms with van der Waals surface area (Å²) >= 11 is 0. The lowest BCUT2D eigenvalue weighted by Gasteiger charge is -2.05. The minimum Gasteiger partial charge on any atom is -0.307 e. The molecule has 0 unspecified atom stereocenters. The number of carbonyl (C=O) groups excluding carboxylic acids is 2. The van der Waals surface area contributed by atoms with Crippen molar-refractivity contribution in [3.05, 3.63) is 89.3 Å². The number of aryl methyl sites for hydroxylation is 2. The van der Waals surface area contributed by atoms with E-state index in [2.05, 4.69) is 20.6 Å². The Morgan fingerprint density at radius 2 is 1.36 bits per heavy atom. The van der Waals surface area contributed by atoms with Gasteiger partial charge in [0.1, 0.15) is 11.6 Å². The number of nitrogens with one attached hydrogen (secondary N) is 2. The molecule has 0 aliphatic heterocycles. The molecule has 2 heterocycles. The maximum absolute atomic E-state index is 12.3. The van der Waals surface area contributed by atoms with E-state index in [0.717, 1.165) is 17.0 Å². The minimum atomic E-state index is -0.273. The first-order valence-electron chi connectivity index (χ1n) is 8.77. The molecule has 1 aromatic carbocycles. The van der Waals surface area contributed by atoms with E-state index < -0.39 is 0 Å². The normalized spacial score (nSPS) is 10.6. The molecular weight excluding hydrogens is 352 g/mol. The van der Waals surface area contributed by atoms with Crippen LogP contribution in [0.2, 0.25) is 0 Å². The Kier molecular flexibility index (Phi) is 5.91. The van der Waals surface area contributed by atoms with Gasteiger partial charge in [-0.05, 0) is 61.9 Å². The quantitative estimate of drug-likeness (QED) is 0.663. The molecule has 140 valence electrons. The zero-order chi connectivity index (χ0) is 19.9. The SMILES string of the molecule is Cc1cccc(NC(=O)/C=C/c2ccc(C(=O)Nc3cccc(C)n3)cc2)n1. The van der Waals surface area contributed by atoms with E-state index in [0.29, 0.717) is 17.2 Å². The van der Waals surface area contributed by atoms with E-state index in [1.807, 2.05) is 38.1 Å². The molecular formula is C22H20N4O2. The molecule has 28 heavy (non-hydrogen) atoms. The Balaban J connectivity index is 1.59. The lowest BCUT2D eigenvalue weighted by Crippen LogP contribution is -2.13. The van der Waals surface area contributed by atoms with Crippen molar-refractivity contribution in [3.63, 3.8) is 0 Å². The highest BCUT2D eigenvalue weighted by Crippen LogP contribution is 2.10. The van der Waals surface area contributed by atoms with Gasteiger partial charge in [-0.15, -0.1) is 0 Å². The highest BCUT2D eigenvalue weighted by molar-refractivity contribution is 6.04. The third kappa shape index (κ3) is 5.35. The van der Waals surface area contributed by atoms with Crippen molar-refractivity contribution in [2.45, 2.75) is 13.8 Å². The number of hydrogen-bond acceptors (Lipinski definition) is 4. The second kappa shape index (κ2) is 8.73. The predicted octanol–water partition coefficient (Wildman–Crippen LogP) is 4.00. The molecule has 2 aromatic heterocycles. The van der Waals surface area contributed by atoms with Gasteiger partial charge in [-0.25, -0.2) is 9.97 Å². The first-order valence-corrected chi connectivity index (χ1v) is 8.77. The third-order valence-electron chi connectivity index (χ3n) is 3.87. The summed E-state index contributed by atoms with van der Waals surface area (Å²) < 4.78 is 0. The zero-order valence-corrected chi connectivity index (χ0v) is 15.6. The van der Waals surface area contributed by atoms with Gasteiger partial charge in [0.05, 0.1) is 0 Å². The lowest BCUT2D eigenvalue weighted by molar-refractivity contribution is -0.111. The Morgan fingerprint density at radius 3 is 1.93 bits per heavy atom. The van der Waals surface area contributed by atoms with Crippen LogP contribution >= 0.6 is 0 Å². The molecule has 0 saturated heterocycles. The smallest absolute Gasteiger partial charge is 0.256 e. The molecule has 3 rings (SSSR count). The number of amides is 2. The van der Waals surface area contributed by atoms with Crippen molar-refractivity contribution in [2.24, 2.45) is 0 Å². The van der Waals surface area contributed by atoms with E-state index in [9.17, 15) is 9.59 Å². The van der Waals surface area contributed by atoms with E-state index in [1.165, 1.54) is 6.08 Å². The van der Waals surface area contributed by atoms with Gasteiger partial charge in [-0.2, -0.15) is 0 Å². The molecule has 0 saturated carbocycles. The van der Waals surface area contributed by atoms with E-state index >= 15 is 0 Å². The number of carbonyl (C=O) groups is 2. The standard InChI is InChI=1S/C22H20N4O2/c1-15-5-3-7-19(23-15)25-21(27)14-11-17-9-12-18(13-10-17)22(28)26-20-8-4-6-16(2)24-20/h3-14H,1-2H3,(H,23,25,27)(H,24,26,28)/b14-11+. The molecule has 2 N–H and O–H groups in total. The van der Waals surface area contributed by atoms with Gasteiger partial charge in [0.2, 0.25) is 5.91 Å². The van der Waals surface area contributed by atoms with Crippen LogP contribution in [-0.4, -0.2) is 21.8 Å². The summed E-state index contributed by atoms with van der Waals surface area (Å²) in [5.74, 6) is 0.504. The summed E-state index contributed by atoms with van der Waals surface area (Å²) in [6.45, 7) is 3.72. The average molecular weight is 372 g/mol. The lowest BCUT2D eigenvalue weighted by atomic mass is 10.1. The van der Waals surface area contributed by atoms with Crippen molar-refractivity contribution < 1.29 is 9.59 Å². The molecule has 3 aromatic rings. The number of pyridine rings is 2. The fourth-order valence-corrected chi connectivity index (χ4v) is 2.50. The molecule has 0 bridgehead atoms. The van der Waals surface area contributed by atoms with E-state index in [-0.39, 0.29) is 11.8 Å². The van der Waals surface area contributed by atoms with Crippen LogP contribution in [0.1, 0.15) is 27.3 Å². The van der Waals surface area contributed by atoms with Crippen molar-refractivity contribution in [1.29, 1.82) is 0 Å². The largest absolute Gasteiger partial charge is 0.307 e. The van der Waals surface area contributed by atoms with Gasteiger partial charge in [-0.3, -0.25) is 9.59 Å². The molecule has 0 aliphatic rings. The summed E-state index contributed by atoms with van der Waals surface area (Å²) in [6.07, 6.45) is 3.10. The van der Waals surface area contributed by atoms with Crippen LogP contribution in [0.4, 0.5) is 11.6 Å². The molecule has 2 amide bonds. The molecule has 0 aliphatic carbocycles. The maximum atomic E-state index is 12.3. The minimum absolute atomic E-state index is 0.239. The van der Waals surface area contributed by atoms with Crippen molar-refractivity contribution in [2.75, 3.05) is 10.6 Å². The Labute approximate surface area is 163 Å². The first-order chi connectivity index (χ1) is 13.5. The van der Waals surface area contributed by atoms with Gasteiger partial charge >= 0.3 is 0 Å². The monoisotopic (exact) mass is 372 g/mol. The summed E-state index contributed by atoms with van der Waals surface area (Å²) in [6, 6.07) is 17.8. The van der Waals surface area contributed by atoms with Gasteiger partial charge in [-0.1, -0.05) is 24.3 Å². The molecule has 0 atom stereocenters. The Bertz CT molecular complexity index is 1030. The zero-order valence-electron chi connectivity index (χ0n) is 15.6. The third-order valence-corrected chi connectivity index (χ3v) is 3.87. The van der Waals surface area contributed by atoms with Crippen LogP contribution in [-0.2, 0) is 4.79 Å². The highest BCUT2D eigenvalue weighted by Gasteiger charge is 2.06. The highest BCUT2D eigenvalue weighted by atomic mass is 16.2. The number of anilines is 2. The number of aromatic nitrogens is 2. The molecule has 0 radical (unpaired) electrons. The summed E-state index contributed by atoms with van der Waals surface area (Å²) in [5, 5.41) is 5.47. The van der Waals surface area contributed by atoms with E-state index in [4.69, 9.17) is 0 Å². The van der Waals surface area contributed by atoms with Crippen LogP contribution in [0.3, 0.4) is 0 Å². The van der Waals surface area contributed by atoms with Gasteiger partial charge in [0.15, 0.2) is 0 Å². The molecule has 0 spiro atoms. The second-order valence-corrected chi connectivity index (χ2v) is 6.23. The van der Waals surface area contributed by atoms with Crippen LogP contribution in [0.25, 0.3) is 6.08 Å². The van der Waals surface area contributed by atoms with Gasteiger partial charge in [0, 0.05) is 23.0 Å². The average Bonchev–Trinajstić information content (AvgIpc) is 2.67. The van der Waals surface area contributed by atoms with Crippen molar-refractivity contribution >= 4 is 29.5 Å². The summed E-state index contributed by atoms with van der Waals surface area (Å²) in [5.41, 5.74) is 2.97. The Hall–Kier alpha value is -3.80. The number of rotatable bonds is 5. The number of nitrogens with zero attached hydrogens (tertiary/aromatic N) is 2. The van der Waals surface area contributed by atoms with Crippen molar-refractivity contribution in [3.8, 4) is 0 Å². The fourth-order valence-electron chi connectivity index (χ4n) is 2.50. The number of benzene rings is 1. The maximum Gasteiger partial charge on any atom is 0.256 e. The second-order valence-electron chi connectivity index (χ2n) is 6.23. The fraction of sp³-hybridized carbons (Fsp3) is 0.0909. The first kappa shape index (κ1) is 19.0. The van der Waals surface area contributed by atoms with Crippen molar-refractivity contribution in [1.82, 2.24) is 9.97 Å². The predicted molar refractivity (Wildman–Crippen MR) is 110 cm³/mol. The summed E-state index contributed by atoms with van der Waals surface area (Å²) in [4.78, 5) is 32.8. The Morgan fingerprint density at radius 1 is 0.786 bits per heavy atom. The van der Waals surface area contributed by atoms with Gasteiger partial charge < -0.3 is 10.6 Å². The van der Waals surface area contributed by atoms with E-state index in [1.54, 1.807) is 42.5 Å². The van der Waals surface area contributed by atoms with Crippen LogP contribution in [0, 0.1) is 13.8 Å².